The Hall–Kier alpha value is -3.13. The molecular weight excluding hydrogens is 372 g/mol. The van der Waals surface area contributed by atoms with E-state index in [1.54, 1.807) is 13.2 Å². The van der Waals surface area contributed by atoms with E-state index in [9.17, 15) is 0 Å². The lowest BCUT2D eigenvalue weighted by Crippen LogP contribution is -2.24. The molecule has 8 nitrogen and oxygen atoms in total. The van der Waals surface area contributed by atoms with Crippen LogP contribution in [0.3, 0.4) is 0 Å². The van der Waals surface area contributed by atoms with Crippen LogP contribution >= 0.6 is 0 Å². The molecule has 0 fully saturated rings. The number of nitrogens with zero attached hydrogens (tertiary/aromatic N) is 3. The average Bonchev–Trinajstić information content (AvgIpc) is 3.31. The van der Waals surface area contributed by atoms with Gasteiger partial charge in [0.2, 0.25) is 0 Å². The molecule has 3 aromatic rings. The zero-order valence-electron chi connectivity index (χ0n) is 17.4. The van der Waals surface area contributed by atoms with Crippen LogP contribution < -0.4 is 14.8 Å². The fourth-order valence-corrected chi connectivity index (χ4v) is 2.73. The van der Waals surface area contributed by atoms with E-state index in [4.69, 9.17) is 18.5 Å². The van der Waals surface area contributed by atoms with Crippen molar-refractivity contribution in [3.05, 3.63) is 52.5 Å². The van der Waals surface area contributed by atoms with Gasteiger partial charge in [-0.05, 0) is 51.6 Å². The second kappa shape index (κ2) is 9.38. The molecule has 2 heterocycles. The van der Waals surface area contributed by atoms with Crippen molar-refractivity contribution in [1.82, 2.24) is 20.6 Å². The lowest BCUT2D eigenvalue weighted by atomic mass is 10.2. The van der Waals surface area contributed by atoms with Crippen LogP contribution in [0.25, 0.3) is 12.2 Å². The molecule has 2 aromatic heterocycles. The van der Waals surface area contributed by atoms with E-state index in [-0.39, 0.29) is 6.04 Å². The summed E-state index contributed by atoms with van der Waals surface area (Å²) in [5, 5.41) is 11.1. The highest BCUT2D eigenvalue weighted by molar-refractivity contribution is 5.67. The summed E-state index contributed by atoms with van der Waals surface area (Å²) in [4.78, 5) is 4.37. The van der Waals surface area contributed by atoms with Crippen molar-refractivity contribution >= 4 is 12.2 Å². The average molecular weight is 398 g/mol. The van der Waals surface area contributed by atoms with Crippen molar-refractivity contribution in [2.75, 3.05) is 14.2 Å². The van der Waals surface area contributed by atoms with Crippen LogP contribution in [0.2, 0.25) is 0 Å². The molecule has 8 heteroatoms. The summed E-state index contributed by atoms with van der Waals surface area (Å²) in [6.07, 6.45) is 4.37. The molecular formula is C21H26N4O4. The maximum absolute atomic E-state index is 5.91. The molecule has 0 aliphatic carbocycles. The zero-order chi connectivity index (χ0) is 20.8. The largest absolute Gasteiger partial charge is 0.493 e. The zero-order valence-corrected chi connectivity index (χ0v) is 17.4. The van der Waals surface area contributed by atoms with Crippen molar-refractivity contribution in [1.29, 1.82) is 0 Å². The summed E-state index contributed by atoms with van der Waals surface area (Å²) in [5.74, 6) is 3.16. The van der Waals surface area contributed by atoms with Gasteiger partial charge in [0.15, 0.2) is 17.3 Å². The van der Waals surface area contributed by atoms with Gasteiger partial charge in [0.25, 0.3) is 5.89 Å². The van der Waals surface area contributed by atoms with Gasteiger partial charge < -0.3 is 23.8 Å². The van der Waals surface area contributed by atoms with Crippen molar-refractivity contribution < 1.29 is 18.5 Å². The van der Waals surface area contributed by atoms with Gasteiger partial charge >= 0.3 is 0 Å². The quantitative estimate of drug-likeness (QED) is 0.584. The summed E-state index contributed by atoms with van der Waals surface area (Å²) in [5.41, 5.74) is 2.69. The van der Waals surface area contributed by atoms with Crippen molar-refractivity contribution in [2.24, 2.45) is 0 Å². The maximum Gasteiger partial charge on any atom is 0.250 e. The fraction of sp³-hybridized carbons (Fsp3) is 0.381. The summed E-state index contributed by atoms with van der Waals surface area (Å²) < 4.78 is 21.8. The third-order valence-corrected chi connectivity index (χ3v) is 4.62. The summed E-state index contributed by atoms with van der Waals surface area (Å²) in [6.45, 7) is 6.19. The topological polar surface area (TPSA) is 95.4 Å². The van der Waals surface area contributed by atoms with Crippen LogP contribution in [-0.2, 0) is 13.0 Å². The first-order valence-electron chi connectivity index (χ1n) is 9.40. The van der Waals surface area contributed by atoms with Gasteiger partial charge in [0.05, 0.1) is 18.4 Å². The van der Waals surface area contributed by atoms with Crippen LogP contribution in [0.1, 0.15) is 41.2 Å². The minimum Gasteiger partial charge on any atom is -0.493 e. The number of nitrogens with one attached hydrogen (secondary N) is 1. The number of benzene rings is 1. The van der Waals surface area contributed by atoms with Crippen LogP contribution in [0.15, 0.2) is 27.2 Å². The molecule has 0 aliphatic rings. The molecule has 0 saturated carbocycles. The highest BCUT2D eigenvalue weighted by atomic mass is 16.5. The van der Waals surface area contributed by atoms with E-state index in [1.165, 1.54) is 0 Å². The van der Waals surface area contributed by atoms with Crippen molar-refractivity contribution in [3.8, 4) is 11.5 Å². The fourth-order valence-electron chi connectivity index (χ4n) is 2.73. The lowest BCUT2D eigenvalue weighted by Gasteiger charge is -2.11. The van der Waals surface area contributed by atoms with E-state index in [1.807, 2.05) is 45.2 Å². The SMILES string of the molecule is CNC(C)Cc1noc(/C=C/c2ccc(OCc3c(C)noc3C)c(OC)c2)n1. The Labute approximate surface area is 169 Å². The summed E-state index contributed by atoms with van der Waals surface area (Å²) >= 11 is 0. The third-order valence-electron chi connectivity index (χ3n) is 4.62. The number of hydrogen-bond acceptors (Lipinski definition) is 8. The number of hydrogen-bond donors (Lipinski definition) is 1. The van der Waals surface area contributed by atoms with Crippen LogP contribution in [0.4, 0.5) is 0 Å². The monoisotopic (exact) mass is 398 g/mol. The van der Waals surface area contributed by atoms with Gasteiger partial charge in [-0.2, -0.15) is 4.98 Å². The molecule has 1 atom stereocenters. The maximum atomic E-state index is 5.91. The first-order chi connectivity index (χ1) is 14.0. The lowest BCUT2D eigenvalue weighted by molar-refractivity contribution is 0.281. The van der Waals surface area contributed by atoms with E-state index >= 15 is 0 Å². The standard InChI is InChI=1S/C21H26N4O4/c1-13(22-4)10-20-23-21(29-25-20)9-7-16-6-8-18(19(11-16)26-5)27-12-17-14(2)24-28-15(17)3/h6-9,11,13,22H,10,12H2,1-5H3/b9-7+. The molecule has 3 rings (SSSR count). The van der Waals surface area contributed by atoms with Gasteiger partial charge in [0.1, 0.15) is 12.4 Å². The van der Waals surface area contributed by atoms with E-state index in [0.717, 1.165) is 22.6 Å². The number of ether oxygens (including phenoxy) is 2. The molecule has 0 spiro atoms. The van der Waals surface area contributed by atoms with E-state index in [0.29, 0.717) is 36.2 Å². The number of aryl methyl sites for hydroxylation is 2. The van der Waals surface area contributed by atoms with Crippen LogP contribution in [0, 0.1) is 13.8 Å². The predicted octanol–water partition coefficient (Wildman–Crippen LogP) is 3.58. The Morgan fingerprint density at radius 2 is 1.97 bits per heavy atom. The Kier molecular flexibility index (Phi) is 6.66. The molecule has 0 amide bonds. The molecule has 0 aliphatic heterocycles. The second-order valence-electron chi connectivity index (χ2n) is 6.78. The van der Waals surface area contributed by atoms with Gasteiger partial charge in [-0.25, -0.2) is 0 Å². The molecule has 0 saturated heterocycles. The molecule has 154 valence electrons. The number of rotatable bonds is 9. The normalized spacial score (nSPS) is 12.4. The molecule has 1 unspecified atom stereocenters. The summed E-state index contributed by atoms with van der Waals surface area (Å²) in [7, 11) is 3.51. The Morgan fingerprint density at radius 1 is 1.14 bits per heavy atom. The smallest absolute Gasteiger partial charge is 0.250 e. The minimum absolute atomic E-state index is 0.284. The number of methoxy groups -OCH3 is 1. The molecule has 1 aromatic carbocycles. The predicted molar refractivity (Wildman–Crippen MR) is 109 cm³/mol. The van der Waals surface area contributed by atoms with Crippen molar-refractivity contribution in [3.63, 3.8) is 0 Å². The van der Waals surface area contributed by atoms with E-state index in [2.05, 4.69) is 27.5 Å². The number of likely N-dealkylation sites (N-methyl/N-ethyl adjacent to an activating group) is 1. The molecule has 1 N–H and O–H groups in total. The third kappa shape index (κ3) is 5.23. The Bertz CT molecular complexity index is 957. The van der Waals surface area contributed by atoms with E-state index < -0.39 is 0 Å². The first kappa shape index (κ1) is 20.6. The second-order valence-corrected chi connectivity index (χ2v) is 6.78. The molecule has 0 radical (unpaired) electrons. The molecule has 29 heavy (non-hydrogen) atoms. The highest BCUT2D eigenvalue weighted by Gasteiger charge is 2.12. The highest BCUT2D eigenvalue weighted by Crippen LogP contribution is 2.30. The number of aromatic nitrogens is 3. The van der Waals surface area contributed by atoms with Gasteiger partial charge in [-0.15, -0.1) is 0 Å². The minimum atomic E-state index is 0.284. The van der Waals surface area contributed by atoms with Crippen molar-refractivity contribution in [2.45, 2.75) is 39.8 Å². The van der Waals surface area contributed by atoms with Crippen LogP contribution in [-0.4, -0.2) is 35.5 Å². The van der Waals surface area contributed by atoms with Gasteiger partial charge in [0, 0.05) is 18.5 Å². The Morgan fingerprint density at radius 3 is 2.66 bits per heavy atom. The molecule has 0 bridgehead atoms. The van der Waals surface area contributed by atoms with Gasteiger partial charge in [-0.3, -0.25) is 0 Å². The Balaban J connectivity index is 1.67. The van der Waals surface area contributed by atoms with Gasteiger partial charge in [-0.1, -0.05) is 16.4 Å². The first-order valence-corrected chi connectivity index (χ1v) is 9.40. The summed E-state index contributed by atoms with van der Waals surface area (Å²) in [6, 6.07) is 5.97. The van der Waals surface area contributed by atoms with Crippen LogP contribution in [0.5, 0.6) is 11.5 Å².